The highest BCUT2D eigenvalue weighted by Gasteiger charge is 2.47. The van der Waals surface area contributed by atoms with Gasteiger partial charge in [-0.15, -0.1) is 0 Å². The fraction of sp³-hybridized carbons (Fsp3) is 1.00. The van der Waals surface area contributed by atoms with E-state index in [2.05, 4.69) is 31.0 Å². The highest BCUT2D eigenvalue weighted by molar-refractivity contribution is 5.04. The van der Waals surface area contributed by atoms with Crippen LogP contribution in [-0.4, -0.2) is 36.1 Å². The van der Waals surface area contributed by atoms with Crippen molar-refractivity contribution in [3.8, 4) is 0 Å². The molecular formula is C18H34N2. The van der Waals surface area contributed by atoms with Crippen molar-refractivity contribution in [1.29, 1.82) is 0 Å². The second kappa shape index (κ2) is 5.96. The van der Waals surface area contributed by atoms with Gasteiger partial charge in [0.2, 0.25) is 0 Å². The molecule has 1 aliphatic heterocycles. The Bertz CT molecular complexity index is 323. The van der Waals surface area contributed by atoms with E-state index in [1.807, 2.05) is 0 Å². The SMILES string of the molecule is CCNC1C(N2CCCC3CCCCC32)CCC1(C)C. The van der Waals surface area contributed by atoms with Gasteiger partial charge in [-0.3, -0.25) is 4.90 Å². The van der Waals surface area contributed by atoms with E-state index >= 15 is 0 Å². The first-order valence-corrected chi connectivity index (χ1v) is 9.12. The molecule has 0 aromatic heterocycles. The molecule has 0 aromatic rings. The van der Waals surface area contributed by atoms with Crippen LogP contribution in [0.25, 0.3) is 0 Å². The van der Waals surface area contributed by atoms with Gasteiger partial charge in [0.1, 0.15) is 0 Å². The second-order valence-electron chi connectivity index (χ2n) is 8.12. The first-order chi connectivity index (χ1) is 9.63. The van der Waals surface area contributed by atoms with E-state index in [-0.39, 0.29) is 0 Å². The number of piperidine rings is 1. The Morgan fingerprint density at radius 3 is 2.55 bits per heavy atom. The van der Waals surface area contributed by atoms with Crippen LogP contribution in [0.15, 0.2) is 0 Å². The molecule has 3 aliphatic rings. The number of rotatable bonds is 3. The molecule has 2 saturated carbocycles. The Morgan fingerprint density at radius 1 is 1.00 bits per heavy atom. The third-order valence-corrected chi connectivity index (χ3v) is 6.45. The summed E-state index contributed by atoms with van der Waals surface area (Å²) in [5.41, 5.74) is 0.474. The van der Waals surface area contributed by atoms with Crippen LogP contribution in [0, 0.1) is 11.3 Å². The second-order valence-corrected chi connectivity index (χ2v) is 8.12. The van der Waals surface area contributed by atoms with Crippen molar-refractivity contribution in [3.63, 3.8) is 0 Å². The molecule has 3 fully saturated rings. The molecule has 116 valence electrons. The van der Waals surface area contributed by atoms with Crippen molar-refractivity contribution < 1.29 is 0 Å². The Kier molecular flexibility index (Phi) is 4.42. The first kappa shape index (κ1) is 14.8. The van der Waals surface area contributed by atoms with Crippen LogP contribution in [0.1, 0.15) is 72.1 Å². The lowest BCUT2D eigenvalue weighted by Gasteiger charge is -2.49. The lowest BCUT2D eigenvalue weighted by Crippen LogP contribution is -2.58. The van der Waals surface area contributed by atoms with Crippen molar-refractivity contribution >= 4 is 0 Å². The fourth-order valence-corrected chi connectivity index (χ4v) is 5.43. The van der Waals surface area contributed by atoms with Gasteiger partial charge < -0.3 is 5.32 Å². The maximum atomic E-state index is 3.84. The maximum absolute atomic E-state index is 3.84. The van der Waals surface area contributed by atoms with Gasteiger partial charge in [-0.2, -0.15) is 0 Å². The number of likely N-dealkylation sites (tertiary alicyclic amines) is 1. The molecular weight excluding hydrogens is 244 g/mol. The van der Waals surface area contributed by atoms with Gasteiger partial charge in [0.15, 0.2) is 0 Å². The summed E-state index contributed by atoms with van der Waals surface area (Å²) in [5, 5.41) is 3.84. The summed E-state index contributed by atoms with van der Waals surface area (Å²) >= 11 is 0. The molecule has 2 heteroatoms. The molecule has 3 rings (SSSR count). The summed E-state index contributed by atoms with van der Waals surface area (Å²) in [6.45, 7) is 9.70. The molecule has 1 saturated heterocycles. The summed E-state index contributed by atoms with van der Waals surface area (Å²) in [6, 6.07) is 2.42. The summed E-state index contributed by atoms with van der Waals surface area (Å²) in [5.74, 6) is 1.02. The van der Waals surface area contributed by atoms with E-state index in [1.54, 1.807) is 0 Å². The third kappa shape index (κ3) is 2.66. The number of nitrogens with one attached hydrogen (secondary N) is 1. The van der Waals surface area contributed by atoms with Gasteiger partial charge in [-0.1, -0.05) is 33.6 Å². The fourth-order valence-electron chi connectivity index (χ4n) is 5.43. The predicted octanol–water partition coefficient (Wildman–Crippen LogP) is 3.81. The highest BCUT2D eigenvalue weighted by atomic mass is 15.2. The average molecular weight is 278 g/mol. The summed E-state index contributed by atoms with van der Waals surface area (Å²) < 4.78 is 0. The van der Waals surface area contributed by atoms with Crippen LogP contribution in [-0.2, 0) is 0 Å². The van der Waals surface area contributed by atoms with Crippen molar-refractivity contribution in [1.82, 2.24) is 10.2 Å². The quantitative estimate of drug-likeness (QED) is 0.844. The number of hydrogen-bond acceptors (Lipinski definition) is 2. The van der Waals surface area contributed by atoms with Crippen LogP contribution in [0.2, 0.25) is 0 Å². The van der Waals surface area contributed by atoms with Gasteiger partial charge in [0, 0.05) is 18.1 Å². The Hall–Kier alpha value is -0.0800. The maximum Gasteiger partial charge on any atom is 0.0274 e. The molecule has 2 aliphatic carbocycles. The molecule has 2 nitrogen and oxygen atoms in total. The van der Waals surface area contributed by atoms with Crippen LogP contribution in [0.4, 0.5) is 0 Å². The Labute approximate surface area is 125 Å². The van der Waals surface area contributed by atoms with Crippen LogP contribution in [0.5, 0.6) is 0 Å². The molecule has 0 radical (unpaired) electrons. The minimum absolute atomic E-state index is 0.474. The van der Waals surface area contributed by atoms with Crippen molar-refractivity contribution in [2.75, 3.05) is 13.1 Å². The summed E-state index contributed by atoms with van der Waals surface area (Å²) in [4.78, 5) is 2.95. The van der Waals surface area contributed by atoms with Crippen molar-refractivity contribution in [2.45, 2.75) is 90.3 Å². The van der Waals surface area contributed by atoms with E-state index in [4.69, 9.17) is 0 Å². The van der Waals surface area contributed by atoms with Crippen LogP contribution in [0.3, 0.4) is 0 Å². The van der Waals surface area contributed by atoms with Crippen molar-refractivity contribution in [3.05, 3.63) is 0 Å². The molecule has 20 heavy (non-hydrogen) atoms. The minimum Gasteiger partial charge on any atom is -0.312 e. The zero-order chi connectivity index (χ0) is 14.2. The van der Waals surface area contributed by atoms with Gasteiger partial charge in [0.05, 0.1) is 0 Å². The van der Waals surface area contributed by atoms with Gasteiger partial charge in [0.25, 0.3) is 0 Å². The number of hydrogen-bond donors (Lipinski definition) is 1. The topological polar surface area (TPSA) is 15.3 Å². The first-order valence-electron chi connectivity index (χ1n) is 9.12. The molecule has 4 atom stereocenters. The van der Waals surface area contributed by atoms with E-state index < -0.39 is 0 Å². The molecule has 4 unspecified atom stereocenters. The molecule has 0 bridgehead atoms. The Balaban J connectivity index is 1.76. The highest BCUT2D eigenvalue weighted by Crippen LogP contribution is 2.44. The van der Waals surface area contributed by atoms with E-state index in [0.717, 1.165) is 24.5 Å². The monoisotopic (exact) mass is 278 g/mol. The number of nitrogens with zero attached hydrogens (tertiary/aromatic N) is 1. The normalized spacial score (nSPS) is 41.5. The van der Waals surface area contributed by atoms with Gasteiger partial charge >= 0.3 is 0 Å². The van der Waals surface area contributed by atoms with E-state index in [1.165, 1.54) is 57.9 Å². The number of likely N-dealkylation sites (N-methyl/N-ethyl adjacent to an activating group) is 1. The summed E-state index contributed by atoms with van der Waals surface area (Å²) in [6.07, 6.45) is 11.7. The molecule has 0 amide bonds. The molecule has 1 heterocycles. The predicted molar refractivity (Wildman–Crippen MR) is 86.0 cm³/mol. The summed E-state index contributed by atoms with van der Waals surface area (Å²) in [7, 11) is 0. The number of fused-ring (bicyclic) bond motifs is 1. The van der Waals surface area contributed by atoms with Crippen LogP contribution < -0.4 is 5.32 Å². The lowest BCUT2D eigenvalue weighted by molar-refractivity contribution is 0.0128. The molecule has 0 spiro atoms. The minimum atomic E-state index is 0.474. The lowest BCUT2D eigenvalue weighted by atomic mass is 9.77. The van der Waals surface area contributed by atoms with E-state index in [0.29, 0.717) is 11.5 Å². The largest absolute Gasteiger partial charge is 0.312 e. The standard InChI is InChI=1S/C18H34N2/c1-4-19-17-16(11-12-18(17,2)3)20-13-7-9-14-8-5-6-10-15(14)20/h14-17,19H,4-13H2,1-3H3. The molecule has 1 N–H and O–H groups in total. The smallest absolute Gasteiger partial charge is 0.0274 e. The molecule has 0 aromatic carbocycles. The third-order valence-electron chi connectivity index (χ3n) is 6.45. The zero-order valence-corrected chi connectivity index (χ0v) is 13.8. The van der Waals surface area contributed by atoms with E-state index in [9.17, 15) is 0 Å². The Morgan fingerprint density at radius 2 is 1.75 bits per heavy atom. The average Bonchev–Trinajstić information content (AvgIpc) is 2.74. The van der Waals surface area contributed by atoms with Crippen LogP contribution >= 0.6 is 0 Å². The van der Waals surface area contributed by atoms with Gasteiger partial charge in [-0.05, 0) is 62.9 Å². The van der Waals surface area contributed by atoms with Crippen molar-refractivity contribution in [2.24, 2.45) is 11.3 Å². The van der Waals surface area contributed by atoms with Gasteiger partial charge in [-0.25, -0.2) is 0 Å². The zero-order valence-electron chi connectivity index (χ0n) is 13.8.